The quantitative estimate of drug-likeness (QED) is 0.214. The first kappa shape index (κ1) is 26.7. The third-order valence-corrected chi connectivity index (χ3v) is 4.71. The van der Waals surface area contributed by atoms with Crippen LogP contribution in [0.1, 0.15) is 111 Å². The average Bonchev–Trinajstić information content (AvgIpc) is 2.67. The van der Waals surface area contributed by atoms with Crippen molar-refractivity contribution in [3.63, 3.8) is 0 Å². The van der Waals surface area contributed by atoms with Gasteiger partial charge in [-0.05, 0) is 18.8 Å². The molecule has 0 fully saturated rings. The second-order valence-corrected chi connectivity index (χ2v) is 8.18. The molecule has 0 aliphatic rings. The van der Waals surface area contributed by atoms with Gasteiger partial charge in [-0.15, -0.1) is 0 Å². The van der Waals surface area contributed by atoms with Crippen molar-refractivity contribution in [2.24, 2.45) is 5.92 Å². The number of carbonyl (C=O) groups excluding carboxylic acids is 2. The second-order valence-electron chi connectivity index (χ2n) is 8.18. The molecule has 0 rings (SSSR count). The standard InChI is InChI=1S/C23H45NO4/c1-5-7-9-11-12-13-14-16-18-27-22(25)21(17-15-10-8-6-2)24-23(26)28-19-20(3)4/h20-21H,5-19H2,1-4H3,(H,24,26). The van der Waals surface area contributed by atoms with Crippen LogP contribution in [0.3, 0.4) is 0 Å². The molecule has 0 bridgehead atoms. The molecule has 0 aromatic rings. The van der Waals surface area contributed by atoms with Gasteiger partial charge in [0.2, 0.25) is 0 Å². The van der Waals surface area contributed by atoms with Gasteiger partial charge < -0.3 is 14.8 Å². The highest BCUT2D eigenvalue weighted by Crippen LogP contribution is 2.10. The zero-order chi connectivity index (χ0) is 21.0. The first-order valence-electron chi connectivity index (χ1n) is 11.6. The van der Waals surface area contributed by atoms with Crippen LogP contribution in [0.25, 0.3) is 0 Å². The van der Waals surface area contributed by atoms with E-state index in [-0.39, 0.29) is 11.9 Å². The molecule has 0 saturated heterocycles. The lowest BCUT2D eigenvalue weighted by molar-refractivity contribution is -0.146. The van der Waals surface area contributed by atoms with Gasteiger partial charge in [0, 0.05) is 0 Å². The van der Waals surface area contributed by atoms with E-state index in [4.69, 9.17) is 9.47 Å². The topological polar surface area (TPSA) is 64.6 Å². The molecule has 1 unspecified atom stereocenters. The van der Waals surface area contributed by atoms with E-state index in [1.165, 1.54) is 38.5 Å². The van der Waals surface area contributed by atoms with Gasteiger partial charge in [0.15, 0.2) is 0 Å². The highest BCUT2D eigenvalue weighted by molar-refractivity contribution is 5.81. The molecule has 1 atom stereocenters. The summed E-state index contributed by atoms with van der Waals surface area (Å²) in [5.41, 5.74) is 0. The van der Waals surface area contributed by atoms with Crippen LogP contribution in [0.5, 0.6) is 0 Å². The van der Waals surface area contributed by atoms with E-state index in [2.05, 4.69) is 19.2 Å². The molecule has 0 heterocycles. The Balaban J connectivity index is 4.11. The Morgan fingerprint density at radius 1 is 0.750 bits per heavy atom. The maximum Gasteiger partial charge on any atom is 0.407 e. The lowest BCUT2D eigenvalue weighted by atomic mass is 10.1. The molecule has 0 aromatic heterocycles. The van der Waals surface area contributed by atoms with Gasteiger partial charge in [-0.2, -0.15) is 0 Å². The fourth-order valence-corrected chi connectivity index (χ4v) is 2.96. The van der Waals surface area contributed by atoms with Gasteiger partial charge >= 0.3 is 12.1 Å². The summed E-state index contributed by atoms with van der Waals surface area (Å²) < 4.78 is 10.6. The Morgan fingerprint density at radius 3 is 1.86 bits per heavy atom. The van der Waals surface area contributed by atoms with Crippen molar-refractivity contribution in [2.75, 3.05) is 13.2 Å². The number of amides is 1. The third kappa shape index (κ3) is 16.9. The van der Waals surface area contributed by atoms with Crippen LogP contribution in [0.15, 0.2) is 0 Å². The second kappa shape index (κ2) is 19.1. The van der Waals surface area contributed by atoms with E-state index < -0.39 is 12.1 Å². The van der Waals surface area contributed by atoms with Gasteiger partial charge in [0.25, 0.3) is 0 Å². The maximum absolute atomic E-state index is 12.4. The largest absolute Gasteiger partial charge is 0.464 e. The number of alkyl carbamates (subject to hydrolysis) is 1. The predicted octanol–water partition coefficient (Wildman–Crippen LogP) is 6.39. The average molecular weight is 400 g/mol. The molecule has 28 heavy (non-hydrogen) atoms. The summed E-state index contributed by atoms with van der Waals surface area (Å²) in [6, 6.07) is -0.606. The Hall–Kier alpha value is -1.26. The van der Waals surface area contributed by atoms with Crippen LogP contribution < -0.4 is 5.32 Å². The number of hydrogen-bond donors (Lipinski definition) is 1. The molecule has 5 nitrogen and oxygen atoms in total. The number of ether oxygens (including phenoxy) is 2. The van der Waals surface area contributed by atoms with E-state index in [1.807, 2.05) is 13.8 Å². The number of hydrogen-bond acceptors (Lipinski definition) is 4. The van der Waals surface area contributed by atoms with Crippen LogP contribution in [0, 0.1) is 5.92 Å². The Bertz CT molecular complexity index is 385. The summed E-state index contributed by atoms with van der Waals surface area (Å²) in [4.78, 5) is 24.3. The molecular formula is C23H45NO4. The fourth-order valence-electron chi connectivity index (χ4n) is 2.96. The molecule has 0 radical (unpaired) electrons. The van der Waals surface area contributed by atoms with Gasteiger partial charge in [-0.3, -0.25) is 0 Å². The molecule has 0 aliphatic heterocycles. The van der Waals surface area contributed by atoms with Crippen molar-refractivity contribution >= 4 is 12.1 Å². The van der Waals surface area contributed by atoms with Crippen molar-refractivity contribution in [1.82, 2.24) is 5.32 Å². The van der Waals surface area contributed by atoms with Gasteiger partial charge in [-0.1, -0.05) is 98.3 Å². The van der Waals surface area contributed by atoms with Crippen LogP contribution in [0.4, 0.5) is 4.79 Å². The summed E-state index contributed by atoms with van der Waals surface area (Å²) in [5, 5.41) is 2.69. The minimum absolute atomic E-state index is 0.266. The maximum atomic E-state index is 12.4. The molecule has 0 aliphatic carbocycles. The predicted molar refractivity (Wildman–Crippen MR) is 115 cm³/mol. The third-order valence-electron chi connectivity index (χ3n) is 4.71. The zero-order valence-corrected chi connectivity index (χ0v) is 18.9. The van der Waals surface area contributed by atoms with Gasteiger partial charge in [0.1, 0.15) is 6.04 Å². The first-order chi connectivity index (χ1) is 13.5. The molecule has 0 spiro atoms. The first-order valence-corrected chi connectivity index (χ1v) is 11.6. The molecule has 1 amide bonds. The van der Waals surface area contributed by atoms with E-state index in [1.54, 1.807) is 0 Å². The van der Waals surface area contributed by atoms with Crippen LogP contribution in [-0.2, 0) is 14.3 Å². The number of carbonyl (C=O) groups is 2. The normalized spacial score (nSPS) is 12.0. The van der Waals surface area contributed by atoms with Crippen LogP contribution in [0.2, 0.25) is 0 Å². The molecule has 0 aromatic carbocycles. The van der Waals surface area contributed by atoms with Crippen molar-refractivity contribution in [2.45, 2.75) is 117 Å². The van der Waals surface area contributed by atoms with Crippen molar-refractivity contribution in [3.05, 3.63) is 0 Å². The molecule has 1 N–H and O–H groups in total. The van der Waals surface area contributed by atoms with E-state index in [9.17, 15) is 9.59 Å². The SMILES string of the molecule is CCCCCCCCCCOC(=O)C(CCCCCC)NC(=O)OCC(C)C. The summed E-state index contributed by atoms with van der Waals surface area (Å²) in [6.07, 6.45) is 14.0. The van der Waals surface area contributed by atoms with Crippen molar-refractivity contribution in [1.29, 1.82) is 0 Å². The number of unbranched alkanes of at least 4 members (excludes halogenated alkanes) is 10. The van der Waals surface area contributed by atoms with E-state index in [0.29, 0.717) is 19.6 Å². The zero-order valence-electron chi connectivity index (χ0n) is 18.9. The summed E-state index contributed by atoms with van der Waals surface area (Å²) in [5.74, 6) is -0.0661. The molecule has 166 valence electrons. The van der Waals surface area contributed by atoms with Crippen LogP contribution in [-0.4, -0.2) is 31.3 Å². The van der Waals surface area contributed by atoms with Crippen LogP contribution >= 0.6 is 0 Å². The highest BCUT2D eigenvalue weighted by Gasteiger charge is 2.22. The lowest BCUT2D eigenvalue weighted by Crippen LogP contribution is -2.42. The van der Waals surface area contributed by atoms with Gasteiger partial charge in [-0.25, -0.2) is 9.59 Å². The summed E-state index contributed by atoms with van der Waals surface area (Å²) >= 11 is 0. The van der Waals surface area contributed by atoms with Crippen molar-refractivity contribution in [3.8, 4) is 0 Å². The lowest BCUT2D eigenvalue weighted by Gasteiger charge is -2.18. The molecular weight excluding hydrogens is 354 g/mol. The van der Waals surface area contributed by atoms with Gasteiger partial charge in [0.05, 0.1) is 13.2 Å². The molecule has 0 saturated carbocycles. The summed E-state index contributed by atoms with van der Waals surface area (Å²) in [7, 11) is 0. The Labute approximate surface area is 173 Å². The molecule has 5 heteroatoms. The minimum Gasteiger partial charge on any atom is -0.464 e. The van der Waals surface area contributed by atoms with E-state index in [0.717, 1.165) is 38.5 Å². The Kier molecular flexibility index (Phi) is 18.2. The number of esters is 1. The fraction of sp³-hybridized carbons (Fsp3) is 0.913. The monoisotopic (exact) mass is 399 g/mol. The Morgan fingerprint density at radius 2 is 1.29 bits per heavy atom. The number of rotatable bonds is 18. The smallest absolute Gasteiger partial charge is 0.407 e. The summed E-state index contributed by atoms with van der Waals surface area (Å²) in [6.45, 7) is 9.12. The highest BCUT2D eigenvalue weighted by atomic mass is 16.6. The van der Waals surface area contributed by atoms with E-state index >= 15 is 0 Å². The minimum atomic E-state index is -0.606. The number of nitrogens with one attached hydrogen (secondary N) is 1. The van der Waals surface area contributed by atoms with Crippen molar-refractivity contribution < 1.29 is 19.1 Å².